The van der Waals surface area contributed by atoms with Crippen LogP contribution in [0.2, 0.25) is 0 Å². The minimum Gasteiger partial charge on any atom is 0 e. The molecule has 0 amide bonds. The summed E-state index contributed by atoms with van der Waals surface area (Å²) in [6.07, 6.45) is 0. The minimum absolute atomic E-state index is 0. The number of hydrogen-bond donors (Lipinski definition) is 0. The summed E-state index contributed by atoms with van der Waals surface area (Å²) in [7, 11) is 0. The van der Waals surface area contributed by atoms with E-state index in [1.165, 1.54) is 0 Å². The molecule has 0 aromatic heterocycles. The van der Waals surface area contributed by atoms with Gasteiger partial charge >= 0.3 is 0 Å². The zero-order valence-electron chi connectivity index (χ0n) is 2.90. The molecule has 8 heteroatoms. The first-order valence-corrected chi connectivity index (χ1v) is 0. The Kier molecular flexibility index (Phi) is 496. The van der Waals surface area contributed by atoms with Gasteiger partial charge in [-0.05, 0) is 0 Å². The molecule has 0 rings (SSSR count). The average molecular weight is 561 g/mol. The molecule has 4 radical (unpaired) electrons. The van der Waals surface area contributed by atoms with Crippen molar-refractivity contribution in [2.24, 2.45) is 0 Å². The Morgan fingerprint density at radius 1 is 1.00 bits per heavy atom. The molecule has 52 valence electrons. The van der Waals surface area contributed by atoms with Gasteiger partial charge in [0.05, 0.1) is 0 Å². The van der Waals surface area contributed by atoms with Gasteiger partial charge in [0.1, 0.15) is 0 Å². The third-order valence-electron chi connectivity index (χ3n) is 0. The van der Waals surface area contributed by atoms with E-state index in [0.29, 0.717) is 0 Å². The van der Waals surface area contributed by atoms with Gasteiger partial charge in [-0.15, -0.1) is 0 Å². The van der Waals surface area contributed by atoms with Crippen LogP contribution in [-0.2, 0) is 67.7 Å². The zero-order valence-corrected chi connectivity index (χ0v) is 13.1. The zero-order chi connectivity index (χ0) is 0. The van der Waals surface area contributed by atoms with E-state index in [9.17, 15) is 0 Å². The standard InChI is InChI=1S/Al.B.Co.Cr.Fe.Nd.Ni.Sm.3H. The molecule has 0 heterocycles. The first-order valence-electron chi connectivity index (χ1n) is 0. The summed E-state index contributed by atoms with van der Waals surface area (Å²) in [6, 6.07) is 0. The molecule has 0 saturated carbocycles. The molecule has 0 atom stereocenters. The second-order valence-corrected chi connectivity index (χ2v) is 0. The second kappa shape index (κ2) is 55.7. The van der Waals surface area contributed by atoms with Gasteiger partial charge in [0.25, 0.3) is 0 Å². The largest absolute Gasteiger partial charge is 0.187 e. The van der Waals surface area contributed by atoms with Gasteiger partial charge in [-0.2, -0.15) is 0 Å². The Labute approximate surface area is 170 Å². The Morgan fingerprint density at radius 3 is 1.00 bits per heavy atom. The maximum absolute atomic E-state index is 0. The normalized spacial score (nSPS) is 0. The molecule has 0 spiro atoms. The fourth-order valence-corrected chi connectivity index (χ4v) is 0. The van der Waals surface area contributed by atoms with Crippen LogP contribution in [0.5, 0.6) is 0 Å². The van der Waals surface area contributed by atoms with Crippen molar-refractivity contribution in [1.29, 1.82) is 0 Å². The average Bonchev–Trinajstić information content (AvgIpc) is 0. The van der Waals surface area contributed by atoms with Crippen LogP contribution in [0.25, 0.3) is 0 Å². The van der Waals surface area contributed by atoms with Crippen LogP contribution in [0.15, 0.2) is 0 Å². The molecule has 8 heavy (non-hydrogen) atoms. The Hall–Kier alpha value is 5.34. The molecule has 0 N–H and O–H groups in total. The number of hydrogen-bond acceptors (Lipinski definition) is 0. The van der Waals surface area contributed by atoms with Gasteiger partial charge in [0.2, 0.25) is 0 Å². The first-order chi connectivity index (χ1) is 0. The van der Waals surface area contributed by atoms with Gasteiger partial charge in [-0.25, -0.2) is 0 Å². The van der Waals surface area contributed by atoms with Crippen molar-refractivity contribution >= 4 is 25.8 Å². The van der Waals surface area contributed by atoms with E-state index in [1.54, 1.807) is 0 Å². The molecule has 0 saturated heterocycles. The van der Waals surface area contributed by atoms with E-state index in [2.05, 4.69) is 0 Å². The van der Waals surface area contributed by atoms with Crippen molar-refractivity contribution in [3.05, 3.63) is 0 Å². The van der Waals surface area contributed by atoms with Crippen LogP contribution >= 0.6 is 0 Å². The summed E-state index contributed by atoms with van der Waals surface area (Å²) in [5.41, 5.74) is 0. The maximum Gasteiger partial charge on any atom is 0.187 e. The molecule has 0 nitrogen and oxygen atoms in total. The van der Waals surface area contributed by atoms with Crippen LogP contribution < -0.4 is 0 Å². The second-order valence-electron chi connectivity index (χ2n) is 0. The molecule has 0 aromatic carbocycles. The predicted octanol–water partition coefficient (Wildman–Crippen LogP) is -1.57. The van der Waals surface area contributed by atoms with Crippen molar-refractivity contribution < 1.29 is 149 Å². The predicted molar refractivity (Wildman–Crippen MR) is 15.7 cm³/mol. The molecule has 0 unspecified atom stereocenters. The summed E-state index contributed by atoms with van der Waals surface area (Å²) in [5, 5.41) is 0. The summed E-state index contributed by atoms with van der Waals surface area (Å²) < 4.78 is 0. The van der Waals surface area contributed by atoms with Crippen LogP contribution in [0.1, 0.15) is 0 Å². The Morgan fingerprint density at radius 2 is 1.00 bits per heavy atom. The Bertz CT molecular complexity index is 24.0. The van der Waals surface area contributed by atoms with Gasteiger partial charge in [0.15, 0.2) is 17.4 Å². The smallest absolute Gasteiger partial charge is 0 e. The van der Waals surface area contributed by atoms with Crippen LogP contribution in [0, 0.1) is 81.2 Å². The summed E-state index contributed by atoms with van der Waals surface area (Å²) in [4.78, 5) is 0. The van der Waals surface area contributed by atoms with Crippen molar-refractivity contribution in [3.8, 4) is 0 Å². The van der Waals surface area contributed by atoms with Crippen LogP contribution in [0.4, 0.5) is 0 Å². The SMILES string of the molecule is [AlH3].[B].[Co].[Cr].[Fe].[Nd].[Ni].[Sm]. The third kappa shape index (κ3) is 42.5. The molecular weight excluding hydrogens is 558 g/mol. The van der Waals surface area contributed by atoms with E-state index in [0.717, 1.165) is 0 Å². The van der Waals surface area contributed by atoms with E-state index in [4.69, 9.17) is 0 Å². The number of rotatable bonds is 0. The monoisotopic (exact) mass is 560 g/mol. The van der Waals surface area contributed by atoms with Crippen molar-refractivity contribution in [2.75, 3.05) is 0 Å². The van der Waals surface area contributed by atoms with E-state index < -0.39 is 0 Å². The van der Waals surface area contributed by atoms with Crippen molar-refractivity contribution in [3.63, 3.8) is 0 Å². The van der Waals surface area contributed by atoms with Crippen LogP contribution in [-0.4, -0.2) is 25.8 Å². The molecule has 0 fully saturated rings. The fourth-order valence-electron chi connectivity index (χ4n) is 0. The van der Waals surface area contributed by atoms with Crippen molar-refractivity contribution in [2.45, 2.75) is 0 Å². The molecule has 0 aliphatic carbocycles. The molecular formula is H3AlBCoCrFeNdNiSm. The maximum atomic E-state index is 0. The van der Waals surface area contributed by atoms with Crippen molar-refractivity contribution in [1.82, 2.24) is 0 Å². The summed E-state index contributed by atoms with van der Waals surface area (Å²) in [6.45, 7) is 0. The van der Waals surface area contributed by atoms with Gasteiger partial charge in [-0.1, -0.05) is 0 Å². The first kappa shape index (κ1) is 71.3. The fraction of sp³-hybridized carbons (Fsp3) is 0. The Balaban J connectivity index is 0. The molecule has 0 aromatic rings. The topological polar surface area (TPSA) is 0 Å². The quantitative estimate of drug-likeness (QED) is 0.314. The van der Waals surface area contributed by atoms with E-state index in [-0.39, 0.29) is 175 Å². The van der Waals surface area contributed by atoms with Gasteiger partial charge in [0, 0.05) is 157 Å². The minimum atomic E-state index is 0. The summed E-state index contributed by atoms with van der Waals surface area (Å²) in [5.74, 6) is 0. The molecule has 0 bridgehead atoms. The van der Waals surface area contributed by atoms with E-state index >= 15 is 0 Å². The third-order valence-corrected chi connectivity index (χ3v) is 0. The van der Waals surface area contributed by atoms with Gasteiger partial charge < -0.3 is 0 Å². The summed E-state index contributed by atoms with van der Waals surface area (Å²) >= 11 is 0. The van der Waals surface area contributed by atoms with Crippen LogP contribution in [0.3, 0.4) is 0 Å². The molecule has 0 aliphatic heterocycles. The van der Waals surface area contributed by atoms with E-state index in [1.807, 2.05) is 0 Å². The van der Waals surface area contributed by atoms with Gasteiger partial charge in [-0.3, -0.25) is 0 Å². The molecule has 0 aliphatic rings.